The molecule has 1 N–H and O–H groups in total. The van der Waals surface area contributed by atoms with Gasteiger partial charge in [0.05, 0.1) is 17.6 Å². The van der Waals surface area contributed by atoms with Crippen molar-refractivity contribution in [2.24, 2.45) is 0 Å². The van der Waals surface area contributed by atoms with Crippen LogP contribution < -0.4 is 15.0 Å². The van der Waals surface area contributed by atoms with Crippen molar-refractivity contribution in [3.05, 3.63) is 42.0 Å². The van der Waals surface area contributed by atoms with E-state index in [9.17, 15) is 9.59 Å². The number of nitrogens with one attached hydrogen (secondary N) is 1. The Kier molecular flexibility index (Phi) is 3.69. The van der Waals surface area contributed by atoms with Crippen LogP contribution in [0, 0.1) is 6.92 Å². The summed E-state index contributed by atoms with van der Waals surface area (Å²) >= 11 is 0. The number of carbonyl (C=O) groups excluding carboxylic acids is 2. The van der Waals surface area contributed by atoms with Crippen molar-refractivity contribution >= 4 is 23.2 Å². The standard InChI is InChI=1S/C16H16N4O3/c1-9-7-18-12(8-17-9)15(21)19-11-4-5-14-13(6-11)20(3)16(22)10(2)23-14/h4-8,10H,1-3H3,(H,19,21). The molecule has 1 aromatic heterocycles. The lowest BCUT2D eigenvalue weighted by molar-refractivity contribution is -0.125. The zero-order chi connectivity index (χ0) is 16.6. The number of likely N-dealkylation sites (N-methyl/N-ethyl adjacent to an activating group) is 1. The molecule has 1 aliphatic heterocycles. The van der Waals surface area contributed by atoms with Gasteiger partial charge in [0, 0.05) is 18.9 Å². The van der Waals surface area contributed by atoms with Gasteiger partial charge in [0.15, 0.2) is 6.10 Å². The van der Waals surface area contributed by atoms with Gasteiger partial charge in [0.2, 0.25) is 0 Å². The fourth-order valence-corrected chi connectivity index (χ4v) is 2.29. The fourth-order valence-electron chi connectivity index (χ4n) is 2.29. The Hall–Kier alpha value is -2.96. The van der Waals surface area contributed by atoms with Crippen LogP contribution in [0.5, 0.6) is 5.75 Å². The third kappa shape index (κ3) is 2.85. The first-order valence-electron chi connectivity index (χ1n) is 7.14. The summed E-state index contributed by atoms with van der Waals surface area (Å²) in [7, 11) is 1.68. The SMILES string of the molecule is Cc1cnc(C(=O)Nc2ccc3c(c2)N(C)C(=O)C(C)O3)cn1. The van der Waals surface area contributed by atoms with Crippen molar-refractivity contribution < 1.29 is 14.3 Å². The van der Waals surface area contributed by atoms with Crippen LogP contribution in [0.2, 0.25) is 0 Å². The van der Waals surface area contributed by atoms with Gasteiger partial charge in [-0.2, -0.15) is 0 Å². The van der Waals surface area contributed by atoms with Gasteiger partial charge < -0.3 is 15.0 Å². The van der Waals surface area contributed by atoms with E-state index in [1.54, 1.807) is 39.1 Å². The molecule has 7 heteroatoms. The van der Waals surface area contributed by atoms with Crippen molar-refractivity contribution in [3.63, 3.8) is 0 Å². The minimum atomic E-state index is -0.518. The van der Waals surface area contributed by atoms with Crippen LogP contribution in [-0.2, 0) is 4.79 Å². The van der Waals surface area contributed by atoms with Gasteiger partial charge in [-0.3, -0.25) is 14.6 Å². The molecule has 2 aromatic rings. The fraction of sp³-hybridized carbons (Fsp3) is 0.250. The van der Waals surface area contributed by atoms with Crippen LogP contribution in [0.3, 0.4) is 0 Å². The maximum absolute atomic E-state index is 12.2. The first kappa shape index (κ1) is 15.0. The van der Waals surface area contributed by atoms with E-state index in [0.717, 1.165) is 5.69 Å². The van der Waals surface area contributed by atoms with E-state index in [1.165, 1.54) is 17.3 Å². The molecule has 0 bridgehead atoms. The highest BCUT2D eigenvalue weighted by Gasteiger charge is 2.29. The summed E-state index contributed by atoms with van der Waals surface area (Å²) < 4.78 is 5.55. The van der Waals surface area contributed by atoms with E-state index in [0.29, 0.717) is 17.1 Å². The van der Waals surface area contributed by atoms with Gasteiger partial charge >= 0.3 is 0 Å². The molecule has 1 aliphatic rings. The minimum absolute atomic E-state index is 0.134. The lowest BCUT2D eigenvalue weighted by Gasteiger charge is -2.30. The summed E-state index contributed by atoms with van der Waals surface area (Å²) in [6.45, 7) is 3.50. The second-order valence-corrected chi connectivity index (χ2v) is 5.34. The second-order valence-electron chi connectivity index (χ2n) is 5.34. The van der Waals surface area contributed by atoms with Crippen LogP contribution >= 0.6 is 0 Å². The zero-order valence-corrected chi connectivity index (χ0v) is 13.0. The van der Waals surface area contributed by atoms with E-state index >= 15 is 0 Å². The molecule has 0 saturated heterocycles. The molecule has 118 valence electrons. The highest BCUT2D eigenvalue weighted by Crippen LogP contribution is 2.35. The predicted molar refractivity (Wildman–Crippen MR) is 84.7 cm³/mol. The molecule has 1 aromatic carbocycles. The highest BCUT2D eigenvalue weighted by atomic mass is 16.5. The number of benzene rings is 1. The van der Waals surface area contributed by atoms with E-state index in [-0.39, 0.29) is 17.5 Å². The quantitative estimate of drug-likeness (QED) is 0.913. The number of ether oxygens (including phenoxy) is 1. The summed E-state index contributed by atoms with van der Waals surface area (Å²) in [5.74, 6) is 0.106. The number of amides is 2. The summed E-state index contributed by atoms with van der Waals surface area (Å²) in [6.07, 6.45) is 2.43. The number of fused-ring (bicyclic) bond motifs is 1. The highest BCUT2D eigenvalue weighted by molar-refractivity contribution is 6.04. The molecule has 0 spiro atoms. The predicted octanol–water partition coefficient (Wildman–Crippen LogP) is 1.78. The molecule has 0 radical (unpaired) electrons. The van der Waals surface area contributed by atoms with Crippen molar-refractivity contribution in [2.45, 2.75) is 20.0 Å². The molecule has 0 fully saturated rings. The van der Waals surface area contributed by atoms with Crippen LogP contribution in [-0.4, -0.2) is 34.9 Å². The van der Waals surface area contributed by atoms with Gasteiger partial charge in [-0.1, -0.05) is 0 Å². The molecule has 1 unspecified atom stereocenters. The first-order chi connectivity index (χ1) is 11.0. The van der Waals surface area contributed by atoms with E-state index in [4.69, 9.17) is 4.74 Å². The smallest absolute Gasteiger partial charge is 0.275 e. The van der Waals surface area contributed by atoms with Crippen LogP contribution in [0.15, 0.2) is 30.6 Å². The molecular formula is C16H16N4O3. The van der Waals surface area contributed by atoms with Gasteiger partial charge in [-0.05, 0) is 32.0 Å². The second kappa shape index (κ2) is 5.68. The number of rotatable bonds is 2. The summed E-state index contributed by atoms with van der Waals surface area (Å²) in [4.78, 5) is 33.7. The number of carbonyl (C=O) groups is 2. The van der Waals surface area contributed by atoms with Crippen molar-refractivity contribution in [3.8, 4) is 5.75 Å². The average Bonchev–Trinajstić information content (AvgIpc) is 2.54. The Morgan fingerprint density at radius 2 is 2.09 bits per heavy atom. The molecular weight excluding hydrogens is 296 g/mol. The minimum Gasteiger partial charge on any atom is -0.479 e. The molecule has 1 atom stereocenters. The number of nitrogens with zero attached hydrogens (tertiary/aromatic N) is 3. The Morgan fingerprint density at radius 1 is 1.30 bits per heavy atom. The molecule has 2 heterocycles. The summed E-state index contributed by atoms with van der Waals surface area (Å²) in [5.41, 5.74) is 2.12. The normalized spacial score (nSPS) is 16.6. The number of aromatic nitrogens is 2. The van der Waals surface area contributed by atoms with Crippen molar-refractivity contribution in [2.75, 3.05) is 17.3 Å². The van der Waals surface area contributed by atoms with Crippen molar-refractivity contribution in [1.82, 2.24) is 9.97 Å². The van der Waals surface area contributed by atoms with Crippen LogP contribution in [0.4, 0.5) is 11.4 Å². The average molecular weight is 312 g/mol. The third-order valence-electron chi connectivity index (χ3n) is 3.57. The van der Waals surface area contributed by atoms with Crippen LogP contribution in [0.1, 0.15) is 23.1 Å². The van der Waals surface area contributed by atoms with Gasteiger partial charge in [-0.25, -0.2) is 4.98 Å². The first-order valence-corrected chi connectivity index (χ1v) is 7.14. The Bertz CT molecular complexity index is 773. The molecule has 2 amide bonds. The molecule has 0 saturated carbocycles. The number of hydrogen-bond donors (Lipinski definition) is 1. The number of hydrogen-bond acceptors (Lipinski definition) is 5. The van der Waals surface area contributed by atoms with E-state index in [1.807, 2.05) is 0 Å². The zero-order valence-electron chi connectivity index (χ0n) is 13.0. The maximum atomic E-state index is 12.2. The topological polar surface area (TPSA) is 84.4 Å². The van der Waals surface area contributed by atoms with E-state index < -0.39 is 6.10 Å². The number of anilines is 2. The van der Waals surface area contributed by atoms with Gasteiger partial charge in [0.25, 0.3) is 11.8 Å². The Morgan fingerprint density at radius 3 is 2.78 bits per heavy atom. The maximum Gasteiger partial charge on any atom is 0.275 e. The molecule has 7 nitrogen and oxygen atoms in total. The Labute approximate surface area is 133 Å². The number of aryl methyl sites for hydroxylation is 1. The molecule has 3 rings (SSSR count). The third-order valence-corrected chi connectivity index (χ3v) is 3.57. The molecule has 23 heavy (non-hydrogen) atoms. The van der Waals surface area contributed by atoms with Crippen LogP contribution in [0.25, 0.3) is 0 Å². The summed E-state index contributed by atoms with van der Waals surface area (Å²) in [5, 5.41) is 2.74. The summed E-state index contributed by atoms with van der Waals surface area (Å²) in [6, 6.07) is 5.14. The lowest BCUT2D eigenvalue weighted by Crippen LogP contribution is -2.41. The van der Waals surface area contributed by atoms with Gasteiger partial charge in [0.1, 0.15) is 11.4 Å². The van der Waals surface area contributed by atoms with E-state index in [2.05, 4.69) is 15.3 Å². The Balaban J connectivity index is 1.83. The van der Waals surface area contributed by atoms with Gasteiger partial charge in [-0.15, -0.1) is 0 Å². The molecule has 0 aliphatic carbocycles. The lowest BCUT2D eigenvalue weighted by atomic mass is 10.2. The van der Waals surface area contributed by atoms with Crippen molar-refractivity contribution in [1.29, 1.82) is 0 Å². The monoisotopic (exact) mass is 312 g/mol. The largest absolute Gasteiger partial charge is 0.479 e.